The summed E-state index contributed by atoms with van der Waals surface area (Å²) in [5.74, 6) is 0.281. The van der Waals surface area contributed by atoms with E-state index < -0.39 is 10.0 Å². The minimum atomic E-state index is -3.79. The molecule has 0 bridgehead atoms. The topological polar surface area (TPSA) is 88.5 Å². The van der Waals surface area contributed by atoms with Crippen molar-refractivity contribution in [2.24, 2.45) is 5.92 Å². The Bertz CT molecular complexity index is 1340. The monoisotopic (exact) mass is 443 g/mol. The molecule has 1 aromatic heterocycles. The average Bonchev–Trinajstić information content (AvgIpc) is 3.40. The third-order valence-electron chi connectivity index (χ3n) is 5.69. The van der Waals surface area contributed by atoms with Crippen molar-refractivity contribution in [3.05, 3.63) is 51.6 Å². The van der Waals surface area contributed by atoms with Gasteiger partial charge in [0, 0.05) is 24.7 Å². The molecular formula is C21H21N3O4S2. The molecule has 1 aliphatic carbocycles. The first-order valence-corrected chi connectivity index (χ1v) is 12.3. The largest absolute Gasteiger partial charge is 0.312 e. The van der Waals surface area contributed by atoms with Crippen molar-refractivity contribution in [1.29, 1.82) is 0 Å². The summed E-state index contributed by atoms with van der Waals surface area (Å²) in [5.41, 5.74) is 2.91. The fourth-order valence-corrected chi connectivity index (χ4v) is 6.06. The van der Waals surface area contributed by atoms with Gasteiger partial charge in [0.1, 0.15) is 0 Å². The number of hydrogen-bond donors (Lipinski definition) is 1. The minimum absolute atomic E-state index is 0.0589. The second kappa shape index (κ2) is 6.95. The molecule has 1 fully saturated rings. The van der Waals surface area contributed by atoms with Crippen molar-refractivity contribution in [3.8, 4) is 0 Å². The summed E-state index contributed by atoms with van der Waals surface area (Å²) < 4.78 is 30.9. The van der Waals surface area contributed by atoms with Crippen molar-refractivity contribution < 1.29 is 13.2 Å². The molecule has 1 amide bonds. The number of amides is 1. The molecule has 30 heavy (non-hydrogen) atoms. The van der Waals surface area contributed by atoms with E-state index in [0.717, 1.165) is 45.6 Å². The van der Waals surface area contributed by atoms with Gasteiger partial charge in [-0.25, -0.2) is 8.42 Å². The number of sulfonamides is 1. The predicted molar refractivity (Wildman–Crippen MR) is 118 cm³/mol. The first kappa shape index (κ1) is 19.3. The molecule has 2 aromatic carbocycles. The molecule has 5 rings (SSSR count). The molecule has 7 nitrogen and oxygen atoms in total. The number of benzene rings is 2. The van der Waals surface area contributed by atoms with Crippen LogP contribution in [0.3, 0.4) is 0 Å². The highest BCUT2D eigenvalue weighted by molar-refractivity contribution is 7.92. The Morgan fingerprint density at radius 3 is 2.73 bits per heavy atom. The van der Waals surface area contributed by atoms with Gasteiger partial charge in [0.2, 0.25) is 5.91 Å². The maximum atomic E-state index is 12.9. The van der Waals surface area contributed by atoms with Crippen LogP contribution in [-0.4, -0.2) is 25.4 Å². The van der Waals surface area contributed by atoms with Gasteiger partial charge in [0.05, 0.1) is 20.8 Å². The van der Waals surface area contributed by atoms with Crippen molar-refractivity contribution >= 4 is 48.9 Å². The summed E-state index contributed by atoms with van der Waals surface area (Å²) in [5, 5.41) is 0. The van der Waals surface area contributed by atoms with Gasteiger partial charge in [-0.3, -0.25) is 18.9 Å². The average molecular weight is 444 g/mol. The van der Waals surface area contributed by atoms with Gasteiger partial charge in [-0.15, -0.1) is 0 Å². The molecule has 0 radical (unpaired) electrons. The molecule has 3 aromatic rings. The van der Waals surface area contributed by atoms with Gasteiger partial charge in [-0.1, -0.05) is 11.3 Å². The number of nitrogens with one attached hydrogen (secondary N) is 1. The summed E-state index contributed by atoms with van der Waals surface area (Å²) in [4.78, 5) is 26.3. The summed E-state index contributed by atoms with van der Waals surface area (Å²) in [6.45, 7) is 3.07. The Morgan fingerprint density at radius 2 is 2.00 bits per heavy atom. The number of rotatable bonds is 5. The van der Waals surface area contributed by atoms with Gasteiger partial charge >= 0.3 is 4.87 Å². The van der Waals surface area contributed by atoms with Crippen LogP contribution in [0.2, 0.25) is 0 Å². The Kier molecular flexibility index (Phi) is 4.48. The number of aromatic nitrogens is 1. The Morgan fingerprint density at radius 1 is 1.20 bits per heavy atom. The number of carbonyl (C=O) groups excluding carboxylic acids is 1. The van der Waals surface area contributed by atoms with Gasteiger partial charge in [0.25, 0.3) is 10.0 Å². The van der Waals surface area contributed by atoms with Crippen LogP contribution in [0.1, 0.15) is 25.3 Å². The van der Waals surface area contributed by atoms with Gasteiger partial charge < -0.3 is 4.90 Å². The standard InChI is InChI=1S/C21H21N3O4S2/c1-2-23-18-7-5-15(12-19(18)29-21(23)26)22-30(27,28)16-6-8-17-14(11-16)9-10-24(17)20(25)13-3-4-13/h5-8,11-13,22H,2-4,9-10H2,1H3. The van der Waals surface area contributed by atoms with E-state index in [2.05, 4.69) is 4.72 Å². The van der Waals surface area contributed by atoms with E-state index in [1.807, 2.05) is 6.92 Å². The Labute approximate surface area is 178 Å². The zero-order valence-electron chi connectivity index (χ0n) is 16.4. The van der Waals surface area contributed by atoms with Crippen molar-refractivity contribution in [2.75, 3.05) is 16.2 Å². The van der Waals surface area contributed by atoms with Crippen LogP contribution in [0, 0.1) is 5.92 Å². The smallest absolute Gasteiger partial charge is 0.308 e. The number of anilines is 2. The van der Waals surface area contributed by atoms with E-state index in [4.69, 9.17) is 0 Å². The molecule has 2 heterocycles. The quantitative estimate of drug-likeness (QED) is 0.656. The molecule has 0 unspecified atom stereocenters. The molecule has 1 saturated carbocycles. The molecule has 2 aliphatic rings. The van der Waals surface area contributed by atoms with Crippen molar-refractivity contribution in [2.45, 2.75) is 37.6 Å². The Balaban J connectivity index is 1.42. The molecular weight excluding hydrogens is 422 g/mol. The highest BCUT2D eigenvalue weighted by Crippen LogP contribution is 2.37. The van der Waals surface area contributed by atoms with E-state index in [1.54, 1.807) is 45.9 Å². The number of fused-ring (bicyclic) bond motifs is 2. The lowest BCUT2D eigenvalue weighted by Crippen LogP contribution is -2.30. The lowest BCUT2D eigenvalue weighted by atomic mass is 10.2. The number of hydrogen-bond acceptors (Lipinski definition) is 5. The maximum absolute atomic E-state index is 12.9. The van der Waals surface area contributed by atoms with E-state index in [1.165, 1.54) is 0 Å². The highest BCUT2D eigenvalue weighted by Gasteiger charge is 2.36. The van der Waals surface area contributed by atoms with Crippen LogP contribution in [0.25, 0.3) is 10.2 Å². The first-order chi connectivity index (χ1) is 14.4. The molecule has 1 N–H and O–H groups in total. The second-order valence-corrected chi connectivity index (χ2v) is 10.4. The lowest BCUT2D eigenvalue weighted by Gasteiger charge is -2.17. The van der Waals surface area contributed by atoms with Crippen LogP contribution in [-0.2, 0) is 27.8 Å². The third-order valence-corrected chi connectivity index (χ3v) is 8.01. The maximum Gasteiger partial charge on any atom is 0.308 e. The summed E-state index contributed by atoms with van der Waals surface area (Å²) in [6.07, 6.45) is 2.55. The lowest BCUT2D eigenvalue weighted by molar-refractivity contribution is -0.119. The highest BCUT2D eigenvalue weighted by atomic mass is 32.2. The number of thiazole rings is 1. The van der Waals surface area contributed by atoms with Crippen molar-refractivity contribution in [1.82, 2.24) is 4.57 Å². The third kappa shape index (κ3) is 3.22. The fourth-order valence-electron chi connectivity index (χ4n) is 3.97. The second-order valence-electron chi connectivity index (χ2n) is 7.70. The van der Waals surface area contributed by atoms with E-state index in [0.29, 0.717) is 25.2 Å². The van der Waals surface area contributed by atoms with Gasteiger partial charge in [-0.05, 0) is 68.1 Å². The number of aryl methyl sites for hydroxylation is 1. The molecule has 9 heteroatoms. The van der Waals surface area contributed by atoms with Crippen LogP contribution >= 0.6 is 11.3 Å². The number of nitrogens with zero attached hydrogens (tertiary/aromatic N) is 2. The minimum Gasteiger partial charge on any atom is -0.312 e. The number of carbonyl (C=O) groups is 1. The molecule has 156 valence electrons. The van der Waals surface area contributed by atoms with E-state index in [9.17, 15) is 18.0 Å². The van der Waals surface area contributed by atoms with Crippen LogP contribution in [0.5, 0.6) is 0 Å². The van der Waals surface area contributed by atoms with Crippen LogP contribution < -0.4 is 14.5 Å². The van der Waals surface area contributed by atoms with E-state index >= 15 is 0 Å². The molecule has 0 atom stereocenters. The molecule has 0 spiro atoms. The van der Waals surface area contributed by atoms with Crippen LogP contribution in [0.4, 0.5) is 11.4 Å². The van der Waals surface area contributed by atoms with Crippen LogP contribution in [0.15, 0.2) is 46.1 Å². The molecule has 0 saturated heterocycles. The van der Waals surface area contributed by atoms with Crippen molar-refractivity contribution in [3.63, 3.8) is 0 Å². The first-order valence-electron chi connectivity index (χ1n) is 9.98. The zero-order valence-corrected chi connectivity index (χ0v) is 18.1. The fraction of sp³-hybridized carbons (Fsp3) is 0.333. The zero-order chi connectivity index (χ0) is 21.0. The van der Waals surface area contributed by atoms with E-state index in [-0.39, 0.29) is 21.6 Å². The van der Waals surface area contributed by atoms with Gasteiger partial charge in [0.15, 0.2) is 0 Å². The summed E-state index contributed by atoms with van der Waals surface area (Å²) in [7, 11) is -3.79. The SMILES string of the molecule is CCn1c(=O)sc2cc(NS(=O)(=O)c3ccc4c(c3)CCN4C(=O)C3CC3)ccc21. The summed E-state index contributed by atoms with van der Waals surface area (Å²) >= 11 is 1.10. The Hall–Kier alpha value is -2.65. The molecule has 1 aliphatic heterocycles. The predicted octanol–water partition coefficient (Wildman–Crippen LogP) is 3.18. The normalized spacial score (nSPS) is 16.1. The summed E-state index contributed by atoms with van der Waals surface area (Å²) in [6, 6.07) is 10.1. The van der Waals surface area contributed by atoms with Gasteiger partial charge in [-0.2, -0.15) is 0 Å².